The first kappa shape index (κ1) is 24.9. The minimum absolute atomic E-state index is 0.0318. The molecule has 5 rings (SSSR count). The first-order valence-corrected chi connectivity index (χ1v) is 13.3. The van der Waals surface area contributed by atoms with Crippen molar-refractivity contribution in [1.82, 2.24) is 14.7 Å². The summed E-state index contributed by atoms with van der Waals surface area (Å²) in [6.45, 7) is 5.68. The molecule has 2 aromatic heterocycles. The second-order valence-corrected chi connectivity index (χ2v) is 10.1. The predicted octanol–water partition coefficient (Wildman–Crippen LogP) is 4.18. The van der Waals surface area contributed by atoms with Crippen LogP contribution >= 0.6 is 11.3 Å². The Kier molecular flexibility index (Phi) is 6.92. The summed E-state index contributed by atoms with van der Waals surface area (Å²) in [7, 11) is 3.23. The summed E-state index contributed by atoms with van der Waals surface area (Å²) in [6.07, 6.45) is 3.97. The molecular weight excluding hydrogens is 490 g/mol. The van der Waals surface area contributed by atoms with Crippen LogP contribution in [0.15, 0.2) is 41.6 Å². The quantitative estimate of drug-likeness (QED) is 0.451. The number of carbonyl (C=O) groups excluding carboxylic acids is 2. The average molecular weight is 522 g/mol. The predicted molar refractivity (Wildman–Crippen MR) is 144 cm³/mol. The van der Waals surface area contributed by atoms with Gasteiger partial charge in [0.15, 0.2) is 0 Å². The summed E-state index contributed by atoms with van der Waals surface area (Å²) >= 11 is 1.59. The second kappa shape index (κ2) is 10.3. The highest BCUT2D eigenvalue weighted by Crippen LogP contribution is 2.45. The fourth-order valence-electron chi connectivity index (χ4n) is 5.55. The van der Waals surface area contributed by atoms with Gasteiger partial charge >= 0.3 is 0 Å². The molecule has 1 aromatic carbocycles. The number of ether oxygens (including phenoxy) is 2. The standard InChI is InChI=1S/C27H31N5O4S/c1-4-22(33)31-10-6-16(7-11-31)19-5-9-29-27-24(26(28)34)25(30-32(19)27)18-13-20(35-2)23(21(14-18)36-3)17-8-12-37-15-17/h4,8,12-16,19,29H,1,5-7,9-11H2,2-3H3,(H2,28,34). The number of benzene rings is 1. The summed E-state index contributed by atoms with van der Waals surface area (Å²) in [5.41, 5.74) is 9.29. The van der Waals surface area contributed by atoms with Crippen LogP contribution in [0, 0.1) is 5.92 Å². The zero-order valence-corrected chi connectivity index (χ0v) is 21.8. The van der Waals surface area contributed by atoms with Crippen molar-refractivity contribution in [2.24, 2.45) is 11.7 Å². The van der Waals surface area contributed by atoms with Gasteiger partial charge in [-0.3, -0.25) is 9.59 Å². The molecule has 0 aliphatic carbocycles. The van der Waals surface area contributed by atoms with Gasteiger partial charge in [0.05, 0.1) is 25.8 Å². The Balaban J connectivity index is 1.56. The third kappa shape index (κ3) is 4.46. The van der Waals surface area contributed by atoms with Crippen molar-refractivity contribution in [3.05, 3.63) is 47.2 Å². The zero-order valence-electron chi connectivity index (χ0n) is 21.0. The monoisotopic (exact) mass is 521 g/mol. The van der Waals surface area contributed by atoms with E-state index < -0.39 is 5.91 Å². The van der Waals surface area contributed by atoms with Crippen LogP contribution in [0.25, 0.3) is 22.4 Å². The number of primary amides is 1. The molecule has 1 fully saturated rings. The summed E-state index contributed by atoms with van der Waals surface area (Å²) in [5, 5.41) is 12.4. The molecule has 1 saturated heterocycles. The number of piperidine rings is 1. The Morgan fingerprint density at radius 2 is 1.86 bits per heavy atom. The number of carbonyl (C=O) groups is 2. The Hall–Kier alpha value is -3.79. The van der Waals surface area contributed by atoms with Crippen LogP contribution in [0.4, 0.5) is 5.82 Å². The molecule has 4 heterocycles. The number of amides is 2. The van der Waals surface area contributed by atoms with Gasteiger partial charge in [-0.25, -0.2) is 4.68 Å². The van der Waals surface area contributed by atoms with Gasteiger partial charge in [-0.05, 0) is 65.8 Å². The highest BCUT2D eigenvalue weighted by atomic mass is 32.1. The van der Waals surface area contributed by atoms with Gasteiger partial charge in [0, 0.05) is 25.2 Å². The van der Waals surface area contributed by atoms with Crippen molar-refractivity contribution in [3.8, 4) is 33.9 Å². The van der Waals surface area contributed by atoms with Crippen molar-refractivity contribution in [2.45, 2.75) is 25.3 Å². The molecule has 37 heavy (non-hydrogen) atoms. The van der Waals surface area contributed by atoms with E-state index in [0.717, 1.165) is 30.4 Å². The van der Waals surface area contributed by atoms with E-state index in [2.05, 4.69) is 11.9 Å². The van der Waals surface area contributed by atoms with E-state index in [1.165, 1.54) is 6.08 Å². The molecule has 10 heteroatoms. The SMILES string of the molecule is C=CC(=O)N1CCC(C2CCNc3c(C(N)=O)c(-c4cc(OC)c(-c5ccsc5)c(OC)c4)nn32)CC1. The number of hydrogen-bond acceptors (Lipinski definition) is 7. The lowest BCUT2D eigenvalue weighted by molar-refractivity contribution is -0.127. The topological polar surface area (TPSA) is 112 Å². The van der Waals surface area contributed by atoms with Crippen molar-refractivity contribution in [3.63, 3.8) is 0 Å². The summed E-state index contributed by atoms with van der Waals surface area (Å²) in [4.78, 5) is 26.6. The van der Waals surface area contributed by atoms with Gasteiger partial charge in [0.1, 0.15) is 28.6 Å². The molecule has 194 valence electrons. The molecule has 2 amide bonds. The maximum absolute atomic E-state index is 12.7. The van der Waals surface area contributed by atoms with E-state index in [9.17, 15) is 9.59 Å². The zero-order chi connectivity index (χ0) is 26.1. The fraction of sp³-hybridized carbons (Fsp3) is 0.370. The van der Waals surface area contributed by atoms with Gasteiger partial charge in [-0.1, -0.05) is 6.58 Å². The number of anilines is 1. The minimum atomic E-state index is -0.546. The van der Waals surface area contributed by atoms with Crippen molar-refractivity contribution in [1.29, 1.82) is 0 Å². The molecule has 1 atom stereocenters. The molecule has 9 nitrogen and oxygen atoms in total. The Morgan fingerprint density at radius 1 is 1.16 bits per heavy atom. The highest BCUT2D eigenvalue weighted by Gasteiger charge is 2.36. The average Bonchev–Trinajstić information content (AvgIpc) is 3.60. The smallest absolute Gasteiger partial charge is 0.254 e. The number of nitrogens with zero attached hydrogens (tertiary/aromatic N) is 3. The fourth-order valence-corrected chi connectivity index (χ4v) is 6.20. The third-order valence-electron chi connectivity index (χ3n) is 7.36. The number of fused-ring (bicyclic) bond motifs is 1. The van der Waals surface area contributed by atoms with Crippen molar-refractivity contribution >= 4 is 29.0 Å². The Morgan fingerprint density at radius 3 is 2.43 bits per heavy atom. The molecule has 0 spiro atoms. The number of thiophene rings is 1. The molecule has 0 saturated carbocycles. The minimum Gasteiger partial charge on any atom is -0.496 e. The van der Waals surface area contributed by atoms with E-state index >= 15 is 0 Å². The first-order chi connectivity index (χ1) is 18.0. The lowest BCUT2D eigenvalue weighted by atomic mass is 9.87. The van der Waals surface area contributed by atoms with Crippen molar-refractivity contribution < 1.29 is 19.1 Å². The second-order valence-electron chi connectivity index (χ2n) is 9.30. The molecule has 0 bridgehead atoms. The molecule has 0 radical (unpaired) electrons. The molecular formula is C27H31N5O4S. The Bertz CT molecular complexity index is 1300. The number of nitrogens with two attached hydrogens (primary N) is 1. The normalized spacial score (nSPS) is 17.6. The van der Waals surface area contributed by atoms with E-state index in [0.29, 0.717) is 59.7 Å². The number of hydrogen-bond donors (Lipinski definition) is 2. The van der Waals surface area contributed by atoms with E-state index in [1.54, 1.807) is 25.6 Å². The Labute approximate surface area is 219 Å². The van der Waals surface area contributed by atoms with Crippen molar-refractivity contribution in [2.75, 3.05) is 39.2 Å². The van der Waals surface area contributed by atoms with E-state index in [4.69, 9.17) is 20.3 Å². The molecule has 3 aromatic rings. The molecule has 2 aliphatic rings. The first-order valence-electron chi connectivity index (χ1n) is 12.3. The molecule has 3 N–H and O–H groups in total. The number of aromatic nitrogens is 2. The van der Waals surface area contributed by atoms with Crippen LogP contribution in [-0.2, 0) is 4.79 Å². The highest BCUT2D eigenvalue weighted by molar-refractivity contribution is 7.08. The number of likely N-dealkylation sites (tertiary alicyclic amines) is 1. The maximum atomic E-state index is 12.7. The van der Waals surface area contributed by atoms with Gasteiger partial charge in [-0.2, -0.15) is 16.4 Å². The van der Waals surface area contributed by atoms with Crippen LogP contribution in [0.2, 0.25) is 0 Å². The number of methoxy groups -OCH3 is 2. The van der Waals surface area contributed by atoms with Gasteiger partial charge < -0.3 is 25.4 Å². The van der Waals surface area contributed by atoms with Crippen LogP contribution in [0.1, 0.15) is 35.7 Å². The van der Waals surface area contributed by atoms with Gasteiger partial charge in [-0.15, -0.1) is 0 Å². The molecule has 2 aliphatic heterocycles. The third-order valence-corrected chi connectivity index (χ3v) is 8.05. The lowest BCUT2D eigenvalue weighted by Crippen LogP contribution is -2.41. The summed E-state index contributed by atoms with van der Waals surface area (Å²) in [5.74, 6) is 1.64. The summed E-state index contributed by atoms with van der Waals surface area (Å²) < 4.78 is 13.4. The van der Waals surface area contributed by atoms with Crippen LogP contribution in [0.3, 0.4) is 0 Å². The lowest BCUT2D eigenvalue weighted by Gasteiger charge is -2.38. The summed E-state index contributed by atoms with van der Waals surface area (Å²) in [6, 6.07) is 5.87. The van der Waals surface area contributed by atoms with Gasteiger partial charge in [0.25, 0.3) is 5.91 Å². The number of rotatable bonds is 7. The van der Waals surface area contributed by atoms with Gasteiger partial charge in [0.2, 0.25) is 5.91 Å². The molecule has 1 unspecified atom stereocenters. The maximum Gasteiger partial charge on any atom is 0.254 e. The van der Waals surface area contributed by atoms with Crippen LogP contribution < -0.4 is 20.5 Å². The largest absolute Gasteiger partial charge is 0.496 e. The number of nitrogens with one attached hydrogen (secondary N) is 1. The van der Waals surface area contributed by atoms with E-state index in [-0.39, 0.29) is 11.9 Å². The van der Waals surface area contributed by atoms with Crippen LogP contribution in [-0.4, -0.2) is 60.3 Å². The van der Waals surface area contributed by atoms with E-state index in [1.807, 2.05) is 38.5 Å². The van der Waals surface area contributed by atoms with Crippen LogP contribution in [0.5, 0.6) is 11.5 Å².